The molecule has 0 spiro atoms. The van der Waals surface area contributed by atoms with Crippen molar-refractivity contribution >= 4 is 23.7 Å². The first-order valence-electron chi connectivity index (χ1n) is 7.56. The summed E-state index contributed by atoms with van der Waals surface area (Å²) in [5.41, 5.74) is 8.16. The van der Waals surface area contributed by atoms with Crippen molar-refractivity contribution in [3.63, 3.8) is 0 Å². The Morgan fingerprint density at radius 3 is 3.05 bits per heavy atom. The van der Waals surface area contributed by atoms with Gasteiger partial charge in [0.05, 0.1) is 11.4 Å². The number of nitrogens with zero attached hydrogens (tertiary/aromatic N) is 3. The Hall–Kier alpha value is -1.01. The van der Waals surface area contributed by atoms with Gasteiger partial charge >= 0.3 is 0 Å². The van der Waals surface area contributed by atoms with Crippen LogP contribution in [0.4, 0.5) is 0 Å². The molecule has 22 heavy (non-hydrogen) atoms. The van der Waals surface area contributed by atoms with E-state index in [-0.39, 0.29) is 18.4 Å². The minimum atomic E-state index is 0. The molecule has 2 atom stereocenters. The standard InChI is InChI=1S/C16H22N4S.ClH/c1-12(17)13-5-4-8-20(9-13)10-14-11-21-16(19-14)15-6-2-3-7-18-15;/h2-3,6-7,11-13H,4-5,8-10,17H2,1H3;1H. The number of aromatic nitrogens is 2. The van der Waals surface area contributed by atoms with Crippen LogP contribution in [0.25, 0.3) is 10.7 Å². The predicted octanol–water partition coefficient (Wildman–Crippen LogP) is 3.19. The van der Waals surface area contributed by atoms with Crippen molar-refractivity contribution in [2.45, 2.75) is 32.4 Å². The highest BCUT2D eigenvalue weighted by molar-refractivity contribution is 7.13. The molecule has 1 fully saturated rings. The second kappa shape index (κ2) is 8.02. The highest BCUT2D eigenvalue weighted by atomic mass is 35.5. The van der Waals surface area contributed by atoms with Gasteiger partial charge in [-0.1, -0.05) is 6.07 Å². The fraction of sp³-hybridized carbons (Fsp3) is 0.500. The van der Waals surface area contributed by atoms with E-state index in [0.29, 0.717) is 5.92 Å². The highest BCUT2D eigenvalue weighted by Gasteiger charge is 2.23. The van der Waals surface area contributed by atoms with Crippen LogP contribution >= 0.6 is 23.7 Å². The molecule has 3 heterocycles. The maximum atomic E-state index is 6.05. The van der Waals surface area contributed by atoms with E-state index in [1.165, 1.54) is 12.8 Å². The molecule has 2 aromatic heterocycles. The normalized spacial score (nSPS) is 20.4. The lowest BCUT2D eigenvalue weighted by atomic mass is 9.92. The van der Waals surface area contributed by atoms with E-state index in [1.54, 1.807) is 11.3 Å². The van der Waals surface area contributed by atoms with Gasteiger partial charge in [-0.15, -0.1) is 23.7 Å². The minimum absolute atomic E-state index is 0. The predicted molar refractivity (Wildman–Crippen MR) is 94.2 cm³/mol. The van der Waals surface area contributed by atoms with Crippen LogP contribution in [0.15, 0.2) is 29.8 Å². The maximum absolute atomic E-state index is 6.05. The molecule has 1 aliphatic rings. The van der Waals surface area contributed by atoms with Gasteiger partial charge in [-0.3, -0.25) is 9.88 Å². The molecule has 0 aliphatic carbocycles. The highest BCUT2D eigenvalue weighted by Crippen LogP contribution is 2.24. The third kappa shape index (κ3) is 4.26. The minimum Gasteiger partial charge on any atom is -0.328 e. The molecule has 2 N–H and O–H groups in total. The zero-order valence-corrected chi connectivity index (χ0v) is 14.4. The van der Waals surface area contributed by atoms with Crippen LogP contribution in [0.2, 0.25) is 0 Å². The Morgan fingerprint density at radius 1 is 1.45 bits per heavy atom. The average molecular weight is 339 g/mol. The molecule has 0 bridgehead atoms. The SMILES string of the molecule is CC(N)C1CCCN(Cc2csc(-c3ccccn3)n2)C1.Cl. The summed E-state index contributed by atoms with van der Waals surface area (Å²) < 4.78 is 0. The Balaban J connectivity index is 0.00000176. The molecule has 2 unspecified atom stereocenters. The Morgan fingerprint density at radius 2 is 2.32 bits per heavy atom. The maximum Gasteiger partial charge on any atom is 0.142 e. The third-order valence-corrected chi connectivity index (χ3v) is 5.02. The van der Waals surface area contributed by atoms with E-state index in [1.807, 2.05) is 24.4 Å². The molecule has 0 amide bonds. The number of nitrogens with two attached hydrogens (primary N) is 1. The van der Waals surface area contributed by atoms with Gasteiger partial charge in [0.25, 0.3) is 0 Å². The summed E-state index contributed by atoms with van der Waals surface area (Å²) >= 11 is 1.67. The number of rotatable bonds is 4. The van der Waals surface area contributed by atoms with E-state index in [2.05, 4.69) is 22.2 Å². The number of pyridine rings is 1. The molecule has 3 rings (SSSR count). The topological polar surface area (TPSA) is 55.0 Å². The van der Waals surface area contributed by atoms with E-state index < -0.39 is 0 Å². The Labute approximate surface area is 142 Å². The van der Waals surface area contributed by atoms with Crippen LogP contribution in [0.5, 0.6) is 0 Å². The molecular formula is C16H23ClN4S. The zero-order chi connectivity index (χ0) is 14.7. The number of likely N-dealkylation sites (tertiary alicyclic amines) is 1. The summed E-state index contributed by atoms with van der Waals surface area (Å²) in [6.07, 6.45) is 4.31. The summed E-state index contributed by atoms with van der Waals surface area (Å²) in [5.74, 6) is 0.618. The van der Waals surface area contributed by atoms with Crippen LogP contribution in [0, 0.1) is 5.92 Å². The molecule has 4 nitrogen and oxygen atoms in total. The van der Waals surface area contributed by atoms with Crippen molar-refractivity contribution in [1.29, 1.82) is 0 Å². The van der Waals surface area contributed by atoms with Gasteiger partial charge in [-0.2, -0.15) is 0 Å². The van der Waals surface area contributed by atoms with Crippen LogP contribution in [-0.4, -0.2) is 34.0 Å². The summed E-state index contributed by atoms with van der Waals surface area (Å²) in [6.45, 7) is 5.29. The van der Waals surface area contributed by atoms with E-state index in [0.717, 1.165) is 36.0 Å². The molecule has 120 valence electrons. The van der Waals surface area contributed by atoms with Crippen molar-refractivity contribution in [2.24, 2.45) is 11.7 Å². The van der Waals surface area contributed by atoms with Crippen molar-refractivity contribution in [2.75, 3.05) is 13.1 Å². The van der Waals surface area contributed by atoms with Crippen LogP contribution in [-0.2, 0) is 6.54 Å². The van der Waals surface area contributed by atoms with Crippen molar-refractivity contribution in [1.82, 2.24) is 14.9 Å². The fourth-order valence-corrected chi connectivity index (χ4v) is 3.67. The van der Waals surface area contributed by atoms with E-state index in [9.17, 15) is 0 Å². The van der Waals surface area contributed by atoms with Gasteiger partial charge in [-0.25, -0.2) is 4.98 Å². The molecule has 0 aromatic carbocycles. The smallest absolute Gasteiger partial charge is 0.142 e. The van der Waals surface area contributed by atoms with Gasteiger partial charge < -0.3 is 5.73 Å². The Kier molecular flexibility index (Phi) is 6.32. The lowest BCUT2D eigenvalue weighted by molar-refractivity contribution is 0.153. The molecule has 1 aliphatic heterocycles. The van der Waals surface area contributed by atoms with Gasteiger partial charge in [0.1, 0.15) is 5.01 Å². The first-order chi connectivity index (χ1) is 10.2. The van der Waals surface area contributed by atoms with Crippen LogP contribution < -0.4 is 5.73 Å². The lowest BCUT2D eigenvalue weighted by Crippen LogP contribution is -2.41. The van der Waals surface area contributed by atoms with Crippen LogP contribution in [0.1, 0.15) is 25.5 Å². The number of hydrogen-bond acceptors (Lipinski definition) is 5. The molecule has 6 heteroatoms. The summed E-state index contributed by atoms with van der Waals surface area (Å²) in [4.78, 5) is 11.6. The third-order valence-electron chi connectivity index (χ3n) is 4.11. The van der Waals surface area contributed by atoms with Crippen molar-refractivity contribution < 1.29 is 0 Å². The second-order valence-corrected chi connectivity index (χ2v) is 6.71. The number of hydrogen-bond donors (Lipinski definition) is 1. The monoisotopic (exact) mass is 338 g/mol. The number of thiazole rings is 1. The zero-order valence-electron chi connectivity index (χ0n) is 12.8. The van der Waals surface area contributed by atoms with Crippen LogP contribution in [0.3, 0.4) is 0 Å². The molecule has 2 aromatic rings. The fourth-order valence-electron chi connectivity index (χ4n) is 2.88. The molecular weight excluding hydrogens is 316 g/mol. The van der Waals surface area contributed by atoms with Gasteiger partial charge in [-0.05, 0) is 44.4 Å². The quantitative estimate of drug-likeness (QED) is 0.930. The van der Waals surface area contributed by atoms with Crippen molar-refractivity contribution in [3.05, 3.63) is 35.5 Å². The van der Waals surface area contributed by atoms with E-state index in [4.69, 9.17) is 10.7 Å². The Bertz CT molecular complexity index is 573. The summed E-state index contributed by atoms with van der Waals surface area (Å²) in [7, 11) is 0. The first kappa shape index (κ1) is 17.3. The first-order valence-corrected chi connectivity index (χ1v) is 8.44. The lowest BCUT2D eigenvalue weighted by Gasteiger charge is -2.34. The molecule has 0 radical (unpaired) electrons. The number of halogens is 1. The van der Waals surface area contributed by atoms with Gasteiger partial charge in [0, 0.05) is 30.7 Å². The van der Waals surface area contributed by atoms with Gasteiger partial charge in [0.15, 0.2) is 0 Å². The largest absolute Gasteiger partial charge is 0.328 e. The number of piperidine rings is 1. The van der Waals surface area contributed by atoms with Gasteiger partial charge in [0.2, 0.25) is 0 Å². The molecule has 1 saturated heterocycles. The second-order valence-electron chi connectivity index (χ2n) is 5.86. The molecule has 0 saturated carbocycles. The van der Waals surface area contributed by atoms with E-state index >= 15 is 0 Å². The summed E-state index contributed by atoms with van der Waals surface area (Å²) in [5, 5.41) is 3.16. The average Bonchev–Trinajstić information content (AvgIpc) is 2.97. The van der Waals surface area contributed by atoms with Crippen molar-refractivity contribution in [3.8, 4) is 10.7 Å². The summed E-state index contributed by atoms with van der Waals surface area (Å²) in [6, 6.07) is 6.23.